The number of Topliss-reactive ketones (excluding diaryl/α,β-unsaturated/α-hetero) is 1. The standard InChI is InChI=1S/C17H22N2O2/c20-16-6-1-5-15-14(16)4-2-7-17(15)21-13-3-10-19-11-8-18-9-12-19/h1-2,4-5,7,18H,3,6,8-13H2. The number of rotatable bonds is 5. The first-order chi connectivity index (χ1) is 10.3. The molecule has 1 aliphatic carbocycles. The average Bonchev–Trinajstić information content (AvgIpc) is 2.53. The monoisotopic (exact) mass is 286 g/mol. The predicted molar refractivity (Wildman–Crippen MR) is 83.8 cm³/mol. The van der Waals surface area contributed by atoms with Gasteiger partial charge in [-0.2, -0.15) is 0 Å². The number of fused-ring (bicyclic) bond motifs is 1. The van der Waals surface area contributed by atoms with Crippen molar-refractivity contribution < 1.29 is 9.53 Å². The zero-order chi connectivity index (χ0) is 14.5. The number of nitrogens with zero attached hydrogens (tertiary/aromatic N) is 1. The van der Waals surface area contributed by atoms with Crippen molar-refractivity contribution in [3.8, 4) is 5.75 Å². The van der Waals surface area contributed by atoms with Crippen LogP contribution in [0, 0.1) is 0 Å². The van der Waals surface area contributed by atoms with Crippen LogP contribution < -0.4 is 10.1 Å². The zero-order valence-corrected chi connectivity index (χ0v) is 12.3. The van der Waals surface area contributed by atoms with Crippen LogP contribution in [0.2, 0.25) is 0 Å². The van der Waals surface area contributed by atoms with Gasteiger partial charge in [-0.25, -0.2) is 0 Å². The number of hydrogen-bond acceptors (Lipinski definition) is 4. The Kier molecular flexibility index (Phi) is 4.68. The number of ether oxygens (including phenoxy) is 1. The smallest absolute Gasteiger partial charge is 0.167 e. The summed E-state index contributed by atoms with van der Waals surface area (Å²) in [6.45, 7) is 6.18. The van der Waals surface area contributed by atoms with Crippen molar-refractivity contribution in [3.05, 3.63) is 35.4 Å². The van der Waals surface area contributed by atoms with Crippen LogP contribution in [-0.4, -0.2) is 50.0 Å². The Hall–Kier alpha value is -1.65. The van der Waals surface area contributed by atoms with E-state index in [2.05, 4.69) is 10.2 Å². The van der Waals surface area contributed by atoms with Crippen LogP contribution in [0.25, 0.3) is 6.08 Å². The summed E-state index contributed by atoms with van der Waals surface area (Å²) in [6, 6.07) is 5.74. The van der Waals surface area contributed by atoms with E-state index in [1.165, 1.54) is 0 Å². The van der Waals surface area contributed by atoms with E-state index in [0.29, 0.717) is 13.0 Å². The van der Waals surface area contributed by atoms with Gasteiger partial charge < -0.3 is 15.0 Å². The number of ketones is 1. The van der Waals surface area contributed by atoms with E-state index in [-0.39, 0.29) is 5.78 Å². The van der Waals surface area contributed by atoms with Crippen molar-refractivity contribution in [3.63, 3.8) is 0 Å². The lowest BCUT2D eigenvalue weighted by Crippen LogP contribution is -2.43. The molecule has 1 heterocycles. The highest BCUT2D eigenvalue weighted by atomic mass is 16.5. The molecule has 0 radical (unpaired) electrons. The van der Waals surface area contributed by atoms with Gasteiger partial charge in [0.05, 0.1) is 6.61 Å². The molecule has 2 aliphatic rings. The van der Waals surface area contributed by atoms with Crippen LogP contribution >= 0.6 is 0 Å². The van der Waals surface area contributed by atoms with E-state index >= 15 is 0 Å². The third-order valence-electron chi connectivity index (χ3n) is 4.04. The third-order valence-corrected chi connectivity index (χ3v) is 4.04. The molecule has 1 fully saturated rings. The van der Waals surface area contributed by atoms with Gasteiger partial charge in [0, 0.05) is 50.3 Å². The number of piperazine rings is 1. The second kappa shape index (κ2) is 6.87. The van der Waals surface area contributed by atoms with Gasteiger partial charge in [0.1, 0.15) is 5.75 Å². The molecule has 21 heavy (non-hydrogen) atoms. The largest absolute Gasteiger partial charge is 0.493 e. The van der Waals surface area contributed by atoms with Crippen molar-refractivity contribution in [1.29, 1.82) is 0 Å². The highest BCUT2D eigenvalue weighted by Crippen LogP contribution is 2.28. The van der Waals surface area contributed by atoms with Crippen LogP contribution in [0.15, 0.2) is 24.3 Å². The molecule has 1 aliphatic heterocycles. The summed E-state index contributed by atoms with van der Waals surface area (Å²) in [4.78, 5) is 14.3. The van der Waals surface area contributed by atoms with Crippen LogP contribution in [0.1, 0.15) is 28.8 Å². The molecule has 0 spiro atoms. The number of hydrogen-bond donors (Lipinski definition) is 1. The molecule has 3 rings (SSSR count). The number of allylic oxidation sites excluding steroid dienone is 1. The van der Waals surface area contributed by atoms with Crippen molar-refractivity contribution in [2.75, 3.05) is 39.3 Å². The van der Waals surface area contributed by atoms with Gasteiger partial charge in [0.15, 0.2) is 5.78 Å². The Labute approximate surface area is 125 Å². The normalized spacial score (nSPS) is 18.6. The van der Waals surface area contributed by atoms with E-state index in [4.69, 9.17) is 4.74 Å². The van der Waals surface area contributed by atoms with Crippen molar-refractivity contribution >= 4 is 11.9 Å². The Balaban J connectivity index is 1.53. The minimum absolute atomic E-state index is 0.179. The predicted octanol–water partition coefficient (Wildman–Crippen LogP) is 1.96. The summed E-state index contributed by atoms with van der Waals surface area (Å²) in [7, 11) is 0. The van der Waals surface area contributed by atoms with Gasteiger partial charge in [-0.1, -0.05) is 24.3 Å². The third kappa shape index (κ3) is 3.52. The van der Waals surface area contributed by atoms with Gasteiger partial charge in [0.2, 0.25) is 0 Å². The molecule has 0 saturated carbocycles. The minimum Gasteiger partial charge on any atom is -0.493 e. The Bertz CT molecular complexity index is 534. The van der Waals surface area contributed by atoms with Crippen LogP contribution in [0.4, 0.5) is 0 Å². The number of benzene rings is 1. The molecule has 4 nitrogen and oxygen atoms in total. The molecule has 0 unspecified atom stereocenters. The molecular weight excluding hydrogens is 264 g/mol. The highest BCUT2D eigenvalue weighted by molar-refractivity contribution is 6.03. The van der Waals surface area contributed by atoms with Gasteiger partial charge >= 0.3 is 0 Å². The lowest BCUT2D eigenvalue weighted by atomic mass is 9.95. The maximum atomic E-state index is 11.9. The molecule has 112 valence electrons. The van der Waals surface area contributed by atoms with Crippen LogP contribution in [-0.2, 0) is 0 Å². The molecule has 1 aromatic carbocycles. The van der Waals surface area contributed by atoms with Crippen molar-refractivity contribution in [1.82, 2.24) is 10.2 Å². The molecule has 1 saturated heterocycles. The Morgan fingerprint density at radius 2 is 2.10 bits per heavy atom. The average molecular weight is 286 g/mol. The highest BCUT2D eigenvalue weighted by Gasteiger charge is 2.16. The molecule has 0 amide bonds. The number of nitrogens with one attached hydrogen (secondary N) is 1. The van der Waals surface area contributed by atoms with Gasteiger partial charge in [-0.3, -0.25) is 4.79 Å². The maximum absolute atomic E-state index is 11.9. The van der Waals surface area contributed by atoms with Gasteiger partial charge in [-0.15, -0.1) is 0 Å². The molecule has 0 aromatic heterocycles. The summed E-state index contributed by atoms with van der Waals surface area (Å²) < 4.78 is 5.90. The molecular formula is C17H22N2O2. The van der Waals surface area contributed by atoms with E-state index in [1.54, 1.807) is 0 Å². The second-order valence-corrected chi connectivity index (χ2v) is 5.54. The lowest BCUT2D eigenvalue weighted by Gasteiger charge is -2.27. The summed E-state index contributed by atoms with van der Waals surface area (Å²) in [5.41, 5.74) is 1.73. The van der Waals surface area contributed by atoms with Crippen molar-refractivity contribution in [2.45, 2.75) is 12.8 Å². The summed E-state index contributed by atoms with van der Waals surface area (Å²) in [5.74, 6) is 1.01. The summed E-state index contributed by atoms with van der Waals surface area (Å²) in [5, 5.41) is 3.36. The van der Waals surface area contributed by atoms with Crippen LogP contribution in [0.3, 0.4) is 0 Å². The lowest BCUT2D eigenvalue weighted by molar-refractivity contribution is 0.0994. The zero-order valence-electron chi connectivity index (χ0n) is 12.3. The van der Waals surface area contributed by atoms with Crippen molar-refractivity contribution in [2.24, 2.45) is 0 Å². The molecule has 0 bridgehead atoms. The first-order valence-corrected chi connectivity index (χ1v) is 7.73. The Morgan fingerprint density at radius 1 is 1.24 bits per heavy atom. The van der Waals surface area contributed by atoms with Gasteiger partial charge in [-0.05, 0) is 12.5 Å². The first-order valence-electron chi connectivity index (χ1n) is 7.73. The molecule has 4 heteroatoms. The Morgan fingerprint density at radius 3 is 2.95 bits per heavy atom. The number of carbonyl (C=O) groups excluding carboxylic acids is 1. The molecule has 0 atom stereocenters. The quantitative estimate of drug-likeness (QED) is 0.840. The second-order valence-electron chi connectivity index (χ2n) is 5.54. The first kappa shape index (κ1) is 14.3. The van der Waals surface area contributed by atoms with Crippen LogP contribution in [0.5, 0.6) is 5.75 Å². The van der Waals surface area contributed by atoms with E-state index in [1.807, 2.05) is 30.4 Å². The molecule has 1 aromatic rings. The summed E-state index contributed by atoms with van der Waals surface area (Å²) >= 11 is 0. The van der Waals surface area contributed by atoms with Gasteiger partial charge in [0.25, 0.3) is 0 Å². The fourth-order valence-corrected chi connectivity index (χ4v) is 2.88. The minimum atomic E-state index is 0.179. The fourth-order valence-electron chi connectivity index (χ4n) is 2.88. The summed E-state index contributed by atoms with van der Waals surface area (Å²) in [6.07, 6.45) is 5.43. The van der Waals surface area contributed by atoms with E-state index < -0.39 is 0 Å². The molecule has 1 N–H and O–H groups in total. The maximum Gasteiger partial charge on any atom is 0.167 e. The SMILES string of the molecule is O=C1CC=Cc2c(OCCCN3CCNCC3)cccc21. The van der Waals surface area contributed by atoms with E-state index in [0.717, 1.165) is 56.0 Å². The fraction of sp³-hybridized carbons (Fsp3) is 0.471. The van der Waals surface area contributed by atoms with E-state index in [9.17, 15) is 4.79 Å². The topological polar surface area (TPSA) is 41.6 Å². The number of carbonyl (C=O) groups is 1.